The van der Waals surface area contributed by atoms with Gasteiger partial charge in [-0.3, -0.25) is 0 Å². The third-order valence-corrected chi connectivity index (χ3v) is 4.22. The van der Waals surface area contributed by atoms with Gasteiger partial charge in [-0.2, -0.15) is 0 Å². The zero-order chi connectivity index (χ0) is 14.4. The number of unbranched alkanes of at least 4 members (excludes halogenated alkanes) is 1. The summed E-state index contributed by atoms with van der Waals surface area (Å²) < 4.78 is 5.83. The predicted molar refractivity (Wildman–Crippen MR) is 84.7 cm³/mol. The number of hydrogen-bond donors (Lipinski definition) is 1. The largest absolute Gasteiger partial charge is 0.494 e. The molecule has 20 heavy (non-hydrogen) atoms. The molecule has 1 heterocycles. The topological polar surface area (TPSA) is 13.7 Å². The minimum Gasteiger partial charge on any atom is -0.494 e. The molecule has 1 saturated heterocycles. The number of quaternary nitrogens is 1. The molecule has 1 fully saturated rings. The zero-order valence-corrected chi connectivity index (χ0v) is 13.4. The smallest absolute Gasteiger partial charge is 0.119 e. The summed E-state index contributed by atoms with van der Waals surface area (Å²) in [5.74, 6) is 1.01. The van der Waals surface area contributed by atoms with Crippen LogP contribution in [0.1, 0.15) is 52.0 Å². The van der Waals surface area contributed by atoms with Gasteiger partial charge in [0.15, 0.2) is 0 Å². The second-order valence-electron chi connectivity index (χ2n) is 7.04. The van der Waals surface area contributed by atoms with E-state index in [1.165, 1.54) is 50.9 Å². The summed E-state index contributed by atoms with van der Waals surface area (Å²) in [4.78, 5) is 1.79. The average molecular weight is 276 g/mol. The maximum atomic E-state index is 5.83. The van der Waals surface area contributed by atoms with E-state index in [9.17, 15) is 0 Å². The van der Waals surface area contributed by atoms with Gasteiger partial charge in [0, 0.05) is 12.8 Å². The van der Waals surface area contributed by atoms with E-state index >= 15 is 0 Å². The van der Waals surface area contributed by atoms with Crippen molar-refractivity contribution in [2.75, 3.05) is 26.2 Å². The Morgan fingerprint density at radius 2 is 1.65 bits per heavy atom. The van der Waals surface area contributed by atoms with Crippen molar-refractivity contribution in [2.24, 2.45) is 0 Å². The molecular weight excluding hydrogens is 246 g/mol. The van der Waals surface area contributed by atoms with Crippen molar-refractivity contribution in [3.8, 4) is 5.75 Å². The van der Waals surface area contributed by atoms with Crippen LogP contribution >= 0.6 is 0 Å². The van der Waals surface area contributed by atoms with Gasteiger partial charge in [0.1, 0.15) is 5.75 Å². The molecule has 0 aromatic heterocycles. The van der Waals surface area contributed by atoms with Crippen molar-refractivity contribution < 1.29 is 9.64 Å². The molecule has 2 heteroatoms. The maximum absolute atomic E-state index is 5.83. The molecule has 1 aliphatic rings. The Hall–Kier alpha value is -1.02. The van der Waals surface area contributed by atoms with Crippen molar-refractivity contribution in [2.45, 2.75) is 51.9 Å². The van der Waals surface area contributed by atoms with Crippen LogP contribution < -0.4 is 9.64 Å². The third kappa shape index (κ3) is 4.82. The molecule has 112 valence electrons. The fourth-order valence-corrected chi connectivity index (χ4v) is 2.84. The van der Waals surface area contributed by atoms with Crippen LogP contribution in [0, 0.1) is 0 Å². The SMILES string of the molecule is CC(C)(C)c1ccc(OCCCC[NH+]2CCCC2)cc1. The number of ether oxygens (including phenoxy) is 1. The second-order valence-corrected chi connectivity index (χ2v) is 7.04. The van der Waals surface area contributed by atoms with Crippen LogP contribution in [-0.4, -0.2) is 26.2 Å². The molecule has 0 bridgehead atoms. The standard InChI is InChI=1S/C18H29NO/c1-18(2,3)16-8-10-17(11-9-16)20-15-7-6-14-19-12-4-5-13-19/h8-11H,4-7,12-15H2,1-3H3/p+1. The van der Waals surface area contributed by atoms with Gasteiger partial charge >= 0.3 is 0 Å². The molecule has 2 rings (SSSR count). The first-order chi connectivity index (χ1) is 9.55. The second kappa shape index (κ2) is 7.12. The van der Waals surface area contributed by atoms with E-state index in [4.69, 9.17) is 4.74 Å². The highest BCUT2D eigenvalue weighted by Gasteiger charge is 2.14. The molecule has 0 unspecified atom stereocenters. The molecule has 2 nitrogen and oxygen atoms in total. The minimum absolute atomic E-state index is 0.219. The Morgan fingerprint density at radius 3 is 2.25 bits per heavy atom. The van der Waals surface area contributed by atoms with Gasteiger partial charge in [-0.05, 0) is 36.0 Å². The van der Waals surface area contributed by atoms with Gasteiger partial charge in [0.25, 0.3) is 0 Å². The minimum atomic E-state index is 0.219. The van der Waals surface area contributed by atoms with Crippen LogP contribution in [0.15, 0.2) is 24.3 Å². The van der Waals surface area contributed by atoms with Crippen molar-refractivity contribution in [1.82, 2.24) is 0 Å². The predicted octanol–water partition coefficient (Wildman–Crippen LogP) is 2.82. The molecule has 0 atom stereocenters. The van der Waals surface area contributed by atoms with Crippen molar-refractivity contribution in [3.63, 3.8) is 0 Å². The normalized spacial score (nSPS) is 16.6. The highest BCUT2D eigenvalue weighted by Crippen LogP contribution is 2.24. The highest BCUT2D eigenvalue weighted by molar-refractivity contribution is 5.31. The lowest BCUT2D eigenvalue weighted by Gasteiger charge is -2.19. The number of nitrogens with one attached hydrogen (secondary N) is 1. The fourth-order valence-electron chi connectivity index (χ4n) is 2.84. The van der Waals surface area contributed by atoms with Crippen LogP contribution in [0.4, 0.5) is 0 Å². The van der Waals surface area contributed by atoms with Crippen LogP contribution in [0.3, 0.4) is 0 Å². The summed E-state index contributed by atoms with van der Waals surface area (Å²) in [5, 5.41) is 0. The number of rotatable bonds is 6. The number of benzene rings is 1. The van der Waals surface area contributed by atoms with Gasteiger partial charge in [0.05, 0.1) is 26.2 Å². The number of hydrogen-bond acceptors (Lipinski definition) is 1. The molecule has 1 N–H and O–H groups in total. The van der Waals surface area contributed by atoms with Crippen molar-refractivity contribution in [3.05, 3.63) is 29.8 Å². The van der Waals surface area contributed by atoms with Crippen LogP contribution in [0.25, 0.3) is 0 Å². The first kappa shape index (κ1) is 15.4. The van der Waals surface area contributed by atoms with Gasteiger partial charge in [-0.25, -0.2) is 0 Å². The third-order valence-electron chi connectivity index (χ3n) is 4.22. The lowest BCUT2D eigenvalue weighted by Crippen LogP contribution is -3.09. The van der Waals surface area contributed by atoms with Gasteiger partial charge in [0.2, 0.25) is 0 Å². The molecule has 0 amide bonds. The Morgan fingerprint density at radius 1 is 1.00 bits per heavy atom. The van der Waals surface area contributed by atoms with E-state index in [1.807, 2.05) is 0 Å². The highest BCUT2D eigenvalue weighted by atomic mass is 16.5. The molecule has 0 spiro atoms. The van der Waals surface area contributed by atoms with Crippen LogP contribution in [-0.2, 0) is 5.41 Å². The lowest BCUT2D eigenvalue weighted by molar-refractivity contribution is -0.887. The van der Waals surface area contributed by atoms with Crippen LogP contribution in [0.2, 0.25) is 0 Å². The number of likely N-dealkylation sites (tertiary alicyclic amines) is 1. The quantitative estimate of drug-likeness (QED) is 0.789. The van der Waals surface area contributed by atoms with Crippen molar-refractivity contribution >= 4 is 0 Å². The van der Waals surface area contributed by atoms with E-state index < -0.39 is 0 Å². The Kier molecular flexibility index (Phi) is 5.47. The van der Waals surface area contributed by atoms with E-state index in [1.54, 1.807) is 4.90 Å². The molecule has 1 aliphatic heterocycles. The summed E-state index contributed by atoms with van der Waals surface area (Å²) in [6, 6.07) is 8.58. The fraction of sp³-hybridized carbons (Fsp3) is 0.667. The molecule has 0 saturated carbocycles. The molecular formula is C18H30NO+. The van der Waals surface area contributed by atoms with Crippen molar-refractivity contribution in [1.29, 1.82) is 0 Å². The summed E-state index contributed by atoms with van der Waals surface area (Å²) in [6.45, 7) is 11.7. The summed E-state index contributed by atoms with van der Waals surface area (Å²) in [5.41, 5.74) is 1.58. The van der Waals surface area contributed by atoms with E-state index in [0.29, 0.717) is 0 Å². The summed E-state index contributed by atoms with van der Waals surface area (Å²) in [6.07, 6.45) is 5.30. The van der Waals surface area contributed by atoms with Gasteiger partial charge in [-0.15, -0.1) is 0 Å². The first-order valence-electron chi connectivity index (χ1n) is 8.12. The van der Waals surface area contributed by atoms with E-state index in [0.717, 1.165) is 12.4 Å². The Balaban J connectivity index is 1.64. The van der Waals surface area contributed by atoms with Gasteiger partial charge < -0.3 is 9.64 Å². The summed E-state index contributed by atoms with van der Waals surface area (Å²) in [7, 11) is 0. The molecule has 0 aliphatic carbocycles. The maximum Gasteiger partial charge on any atom is 0.119 e. The van der Waals surface area contributed by atoms with Crippen LogP contribution in [0.5, 0.6) is 5.75 Å². The van der Waals surface area contributed by atoms with E-state index in [-0.39, 0.29) is 5.41 Å². The average Bonchev–Trinajstić information content (AvgIpc) is 2.91. The summed E-state index contributed by atoms with van der Waals surface area (Å²) >= 11 is 0. The monoisotopic (exact) mass is 276 g/mol. The Bertz CT molecular complexity index is 385. The Labute approximate surface area is 124 Å². The first-order valence-corrected chi connectivity index (χ1v) is 8.12. The molecule has 1 aromatic carbocycles. The molecule has 1 aromatic rings. The lowest BCUT2D eigenvalue weighted by atomic mass is 9.87. The van der Waals surface area contributed by atoms with E-state index in [2.05, 4.69) is 45.0 Å². The van der Waals surface area contributed by atoms with Gasteiger partial charge in [-0.1, -0.05) is 32.9 Å². The molecule has 0 radical (unpaired) electrons. The zero-order valence-electron chi connectivity index (χ0n) is 13.4.